The molecule has 0 saturated heterocycles. The Kier molecular flexibility index (Phi) is 5.14. The molecule has 0 saturated carbocycles. The van der Waals surface area contributed by atoms with Crippen molar-refractivity contribution in [3.8, 4) is 0 Å². The number of nitrogens with zero attached hydrogens (tertiary/aromatic N) is 2. The van der Waals surface area contributed by atoms with E-state index >= 15 is 0 Å². The van der Waals surface area contributed by atoms with Crippen molar-refractivity contribution in [3.05, 3.63) is 70.0 Å². The van der Waals surface area contributed by atoms with Crippen LogP contribution in [0.4, 0.5) is 10.1 Å². The molecule has 2 rings (SSSR count). The van der Waals surface area contributed by atoms with Crippen molar-refractivity contribution in [2.45, 2.75) is 10.9 Å². The summed E-state index contributed by atoms with van der Waals surface area (Å²) in [5.41, 5.74) is 5.09. The number of primary amides is 1. The fourth-order valence-electron chi connectivity index (χ4n) is 2.27. The van der Waals surface area contributed by atoms with Crippen LogP contribution in [0.1, 0.15) is 11.6 Å². The van der Waals surface area contributed by atoms with Gasteiger partial charge in [0.1, 0.15) is 11.9 Å². The molecule has 25 heavy (non-hydrogen) atoms. The SMILES string of the molecule is CN(C(C(N)=O)c1cccc(F)c1)S(=O)(=O)c1ccc([N+](=O)[O-])cc1. The van der Waals surface area contributed by atoms with Crippen molar-refractivity contribution >= 4 is 21.6 Å². The van der Waals surface area contributed by atoms with Crippen LogP contribution in [0.3, 0.4) is 0 Å². The summed E-state index contributed by atoms with van der Waals surface area (Å²) in [7, 11) is -3.08. The summed E-state index contributed by atoms with van der Waals surface area (Å²) in [5.74, 6) is -1.64. The first-order chi connectivity index (χ1) is 11.6. The van der Waals surface area contributed by atoms with Gasteiger partial charge in [-0.15, -0.1) is 0 Å². The second-order valence-electron chi connectivity index (χ2n) is 5.13. The molecule has 0 radical (unpaired) electrons. The second kappa shape index (κ2) is 6.95. The lowest BCUT2D eigenvalue weighted by Crippen LogP contribution is -2.39. The van der Waals surface area contributed by atoms with Gasteiger partial charge < -0.3 is 5.73 Å². The van der Waals surface area contributed by atoms with Crippen LogP contribution in [0.5, 0.6) is 0 Å². The van der Waals surface area contributed by atoms with Gasteiger partial charge in [0.05, 0.1) is 9.82 Å². The van der Waals surface area contributed by atoms with E-state index in [9.17, 15) is 27.7 Å². The molecular formula is C15H14FN3O5S. The summed E-state index contributed by atoms with van der Waals surface area (Å²) in [5, 5.41) is 10.7. The summed E-state index contributed by atoms with van der Waals surface area (Å²) in [6.07, 6.45) is 0. The lowest BCUT2D eigenvalue weighted by atomic mass is 10.1. The van der Waals surface area contributed by atoms with E-state index in [4.69, 9.17) is 5.73 Å². The molecule has 10 heteroatoms. The van der Waals surface area contributed by atoms with Gasteiger partial charge >= 0.3 is 0 Å². The molecule has 132 valence electrons. The topological polar surface area (TPSA) is 124 Å². The summed E-state index contributed by atoms with van der Waals surface area (Å²) in [6.45, 7) is 0. The number of amides is 1. The van der Waals surface area contributed by atoms with Crippen LogP contribution in [0.15, 0.2) is 53.4 Å². The van der Waals surface area contributed by atoms with Crippen LogP contribution in [0, 0.1) is 15.9 Å². The van der Waals surface area contributed by atoms with Crippen molar-refractivity contribution in [3.63, 3.8) is 0 Å². The van der Waals surface area contributed by atoms with E-state index < -0.39 is 32.7 Å². The van der Waals surface area contributed by atoms with Crippen molar-refractivity contribution in [2.24, 2.45) is 5.73 Å². The Morgan fingerprint density at radius 3 is 2.32 bits per heavy atom. The van der Waals surface area contributed by atoms with Gasteiger partial charge in [-0.2, -0.15) is 4.31 Å². The third-order valence-electron chi connectivity index (χ3n) is 3.52. The Bertz CT molecular complexity index is 915. The first kappa shape index (κ1) is 18.5. The van der Waals surface area contributed by atoms with Crippen LogP contribution in [-0.4, -0.2) is 30.6 Å². The zero-order valence-electron chi connectivity index (χ0n) is 13.0. The number of nitro benzene ring substituents is 1. The largest absolute Gasteiger partial charge is 0.368 e. The zero-order valence-corrected chi connectivity index (χ0v) is 13.8. The quantitative estimate of drug-likeness (QED) is 0.613. The Hall–Kier alpha value is -2.85. The van der Waals surface area contributed by atoms with Gasteiger partial charge in [-0.05, 0) is 29.8 Å². The van der Waals surface area contributed by atoms with Crippen LogP contribution < -0.4 is 5.73 Å². The number of likely N-dealkylation sites (N-methyl/N-ethyl adjacent to an activating group) is 1. The number of carbonyl (C=O) groups is 1. The highest BCUT2D eigenvalue weighted by atomic mass is 32.2. The molecule has 0 aromatic heterocycles. The predicted octanol–water partition coefficient (Wildman–Crippen LogP) is 1.58. The average Bonchev–Trinajstić information content (AvgIpc) is 2.54. The number of sulfonamides is 1. The van der Waals surface area contributed by atoms with E-state index in [1.54, 1.807) is 0 Å². The molecule has 0 spiro atoms. The molecule has 2 N–H and O–H groups in total. The molecule has 0 aliphatic rings. The van der Waals surface area contributed by atoms with Gasteiger partial charge in [0.2, 0.25) is 15.9 Å². The zero-order chi connectivity index (χ0) is 18.8. The molecule has 0 aliphatic heterocycles. The Morgan fingerprint density at radius 1 is 1.24 bits per heavy atom. The average molecular weight is 367 g/mol. The van der Waals surface area contributed by atoms with Crippen LogP contribution in [0.25, 0.3) is 0 Å². The molecule has 1 amide bonds. The minimum Gasteiger partial charge on any atom is -0.368 e. The van der Waals surface area contributed by atoms with Crippen molar-refractivity contribution in [1.29, 1.82) is 0 Å². The number of rotatable bonds is 6. The molecule has 0 aliphatic carbocycles. The lowest BCUT2D eigenvalue weighted by Gasteiger charge is -2.25. The number of hydrogen-bond donors (Lipinski definition) is 1. The van der Waals surface area contributed by atoms with E-state index in [1.807, 2.05) is 0 Å². The van der Waals surface area contributed by atoms with E-state index in [0.717, 1.165) is 43.4 Å². The van der Waals surface area contributed by atoms with Crippen LogP contribution >= 0.6 is 0 Å². The fraction of sp³-hybridized carbons (Fsp3) is 0.133. The van der Waals surface area contributed by atoms with E-state index in [2.05, 4.69) is 0 Å². The number of non-ortho nitro benzene ring substituents is 1. The second-order valence-corrected chi connectivity index (χ2v) is 7.13. The first-order valence-electron chi connectivity index (χ1n) is 6.92. The Morgan fingerprint density at radius 2 is 1.84 bits per heavy atom. The highest BCUT2D eigenvalue weighted by Gasteiger charge is 2.33. The molecule has 2 aromatic carbocycles. The highest BCUT2D eigenvalue weighted by Crippen LogP contribution is 2.27. The summed E-state index contributed by atoms with van der Waals surface area (Å²) < 4.78 is 39.5. The van der Waals surface area contributed by atoms with E-state index in [0.29, 0.717) is 4.31 Å². The van der Waals surface area contributed by atoms with Gasteiger partial charge in [0.25, 0.3) is 5.69 Å². The number of hydrogen-bond acceptors (Lipinski definition) is 5. The van der Waals surface area contributed by atoms with Crippen molar-refractivity contribution in [1.82, 2.24) is 4.31 Å². The molecule has 0 fully saturated rings. The molecule has 2 aromatic rings. The van der Waals surface area contributed by atoms with Gasteiger partial charge in [-0.3, -0.25) is 14.9 Å². The molecule has 0 bridgehead atoms. The smallest absolute Gasteiger partial charge is 0.269 e. The number of nitro groups is 1. The lowest BCUT2D eigenvalue weighted by molar-refractivity contribution is -0.384. The first-order valence-corrected chi connectivity index (χ1v) is 8.36. The minimum absolute atomic E-state index is 0.0699. The maximum atomic E-state index is 13.4. The normalized spacial score (nSPS) is 12.8. The molecule has 1 atom stereocenters. The summed E-state index contributed by atoms with van der Waals surface area (Å²) in [4.78, 5) is 21.5. The highest BCUT2D eigenvalue weighted by molar-refractivity contribution is 7.89. The molecule has 8 nitrogen and oxygen atoms in total. The number of carbonyl (C=O) groups excluding carboxylic acids is 1. The van der Waals surface area contributed by atoms with Crippen LogP contribution in [-0.2, 0) is 14.8 Å². The third-order valence-corrected chi connectivity index (χ3v) is 5.36. The summed E-state index contributed by atoms with van der Waals surface area (Å²) in [6, 6.07) is 7.58. The van der Waals surface area contributed by atoms with Gasteiger partial charge in [-0.1, -0.05) is 12.1 Å². The maximum Gasteiger partial charge on any atom is 0.269 e. The Balaban J connectivity index is 2.45. The number of nitrogens with two attached hydrogens (primary N) is 1. The minimum atomic E-state index is -4.20. The van der Waals surface area contributed by atoms with Crippen molar-refractivity contribution < 1.29 is 22.5 Å². The molecular weight excluding hydrogens is 353 g/mol. The van der Waals surface area contributed by atoms with Gasteiger partial charge in [-0.25, -0.2) is 12.8 Å². The predicted molar refractivity (Wildman–Crippen MR) is 86.4 cm³/mol. The van der Waals surface area contributed by atoms with Gasteiger partial charge in [0.15, 0.2) is 0 Å². The number of benzene rings is 2. The number of halogens is 1. The molecule has 0 heterocycles. The standard InChI is InChI=1S/C15H14FN3O5S/c1-18(14(15(17)20)10-3-2-4-11(16)9-10)25(23,24)13-7-5-12(6-8-13)19(21)22/h2-9,14H,1H3,(H2,17,20). The molecule has 1 unspecified atom stereocenters. The Labute approximate surface area is 142 Å². The fourth-order valence-corrected chi connectivity index (χ4v) is 3.59. The van der Waals surface area contributed by atoms with Crippen LogP contribution in [0.2, 0.25) is 0 Å². The van der Waals surface area contributed by atoms with E-state index in [-0.39, 0.29) is 16.1 Å². The van der Waals surface area contributed by atoms with Crippen molar-refractivity contribution in [2.75, 3.05) is 7.05 Å². The third kappa shape index (κ3) is 3.80. The maximum absolute atomic E-state index is 13.4. The monoisotopic (exact) mass is 367 g/mol. The van der Waals surface area contributed by atoms with Gasteiger partial charge in [0, 0.05) is 19.2 Å². The summed E-state index contributed by atoms with van der Waals surface area (Å²) >= 11 is 0. The van der Waals surface area contributed by atoms with E-state index in [1.165, 1.54) is 12.1 Å².